The van der Waals surface area contributed by atoms with Gasteiger partial charge in [0.1, 0.15) is 0 Å². The number of likely N-dealkylation sites (N-methyl/N-ethyl adjacent to an activating group) is 1. The van der Waals surface area contributed by atoms with Crippen molar-refractivity contribution in [1.82, 2.24) is 4.90 Å². The van der Waals surface area contributed by atoms with E-state index in [0.717, 1.165) is 12.1 Å². The average molecular weight is 261 g/mol. The third-order valence-corrected chi connectivity index (χ3v) is 4.02. The van der Waals surface area contributed by atoms with E-state index >= 15 is 0 Å². The fourth-order valence-corrected chi connectivity index (χ4v) is 2.82. The number of benzene rings is 1. The van der Waals surface area contributed by atoms with Gasteiger partial charge in [-0.2, -0.15) is 0 Å². The minimum atomic E-state index is -0.686. The first-order valence-corrected chi connectivity index (χ1v) is 6.81. The van der Waals surface area contributed by atoms with E-state index < -0.39 is 5.97 Å². The molecule has 1 aromatic carbocycles. The highest BCUT2D eigenvalue weighted by Crippen LogP contribution is 2.33. The van der Waals surface area contributed by atoms with Crippen LogP contribution in [0.15, 0.2) is 24.3 Å². The average Bonchev–Trinajstić information content (AvgIpc) is 2.70. The van der Waals surface area contributed by atoms with Crippen molar-refractivity contribution >= 4 is 5.97 Å². The molecular formula is C16H23NO2. The monoisotopic (exact) mass is 261 g/mol. The fraction of sp³-hybridized carbons (Fsp3) is 0.562. The topological polar surface area (TPSA) is 40.5 Å². The molecule has 0 unspecified atom stereocenters. The van der Waals surface area contributed by atoms with Gasteiger partial charge in [-0.25, -0.2) is 0 Å². The van der Waals surface area contributed by atoms with E-state index in [-0.39, 0.29) is 17.3 Å². The van der Waals surface area contributed by atoms with Gasteiger partial charge in [-0.1, -0.05) is 45.0 Å². The van der Waals surface area contributed by atoms with Crippen LogP contribution in [0.5, 0.6) is 0 Å². The Kier molecular flexibility index (Phi) is 3.68. The smallest absolute Gasteiger partial charge is 0.308 e. The lowest BCUT2D eigenvalue weighted by atomic mass is 9.83. The molecule has 0 radical (unpaired) electrons. The third kappa shape index (κ3) is 2.98. The maximum absolute atomic E-state index is 11.3. The van der Waals surface area contributed by atoms with E-state index in [1.54, 1.807) is 0 Å². The van der Waals surface area contributed by atoms with E-state index in [4.69, 9.17) is 0 Å². The Labute approximate surface area is 115 Å². The highest BCUT2D eigenvalue weighted by Gasteiger charge is 2.36. The first kappa shape index (κ1) is 14.1. The molecule has 1 saturated heterocycles. The molecule has 0 aromatic heterocycles. The molecule has 1 N–H and O–H groups in total. The van der Waals surface area contributed by atoms with Crippen LogP contribution >= 0.6 is 0 Å². The number of hydrogen-bond acceptors (Lipinski definition) is 2. The van der Waals surface area contributed by atoms with Gasteiger partial charge in [-0.3, -0.25) is 4.79 Å². The summed E-state index contributed by atoms with van der Waals surface area (Å²) in [6, 6.07) is 8.46. The molecule has 2 atom stereocenters. The minimum Gasteiger partial charge on any atom is -0.481 e. The molecule has 0 bridgehead atoms. The molecular weight excluding hydrogens is 238 g/mol. The summed E-state index contributed by atoms with van der Waals surface area (Å²) in [6.45, 7) is 8.02. The van der Waals surface area contributed by atoms with Crippen molar-refractivity contribution in [3.8, 4) is 0 Å². The van der Waals surface area contributed by atoms with Gasteiger partial charge in [-0.15, -0.1) is 0 Å². The second-order valence-corrected chi connectivity index (χ2v) is 6.64. The van der Waals surface area contributed by atoms with Gasteiger partial charge in [0.25, 0.3) is 0 Å². The summed E-state index contributed by atoms with van der Waals surface area (Å²) in [7, 11) is 1.99. The number of carbonyl (C=O) groups is 1. The second kappa shape index (κ2) is 4.97. The van der Waals surface area contributed by atoms with Crippen LogP contribution in [0.2, 0.25) is 0 Å². The molecule has 1 fully saturated rings. The number of carboxylic acids is 1. The molecule has 1 aliphatic heterocycles. The second-order valence-electron chi connectivity index (χ2n) is 6.64. The summed E-state index contributed by atoms with van der Waals surface area (Å²) in [5.74, 6) is -0.865. The molecule has 3 nitrogen and oxygen atoms in total. The predicted octanol–water partition coefficient (Wildman–Crippen LogP) is 2.71. The zero-order valence-electron chi connectivity index (χ0n) is 12.2. The lowest BCUT2D eigenvalue weighted by Crippen LogP contribution is -2.21. The van der Waals surface area contributed by atoms with Gasteiger partial charge < -0.3 is 10.0 Å². The molecule has 1 aromatic rings. The van der Waals surface area contributed by atoms with Gasteiger partial charge in [0, 0.05) is 19.0 Å². The number of carboxylic acid groups (broad SMARTS) is 1. The molecule has 104 valence electrons. The predicted molar refractivity (Wildman–Crippen MR) is 76.5 cm³/mol. The quantitative estimate of drug-likeness (QED) is 0.890. The molecule has 1 heterocycles. The van der Waals surface area contributed by atoms with Gasteiger partial charge in [0.05, 0.1) is 5.92 Å². The van der Waals surface area contributed by atoms with Crippen LogP contribution in [0.1, 0.15) is 37.8 Å². The summed E-state index contributed by atoms with van der Waals surface area (Å²) < 4.78 is 0. The first-order chi connectivity index (χ1) is 8.79. The van der Waals surface area contributed by atoms with Crippen molar-refractivity contribution in [2.45, 2.75) is 32.1 Å². The molecule has 1 aliphatic rings. The van der Waals surface area contributed by atoms with Crippen LogP contribution in [-0.2, 0) is 10.2 Å². The van der Waals surface area contributed by atoms with E-state index in [9.17, 15) is 9.90 Å². The number of likely N-dealkylation sites (tertiary alicyclic amines) is 1. The highest BCUT2D eigenvalue weighted by molar-refractivity contribution is 5.72. The summed E-state index contributed by atoms with van der Waals surface area (Å²) in [5, 5.41) is 9.32. The summed E-state index contributed by atoms with van der Waals surface area (Å²) in [4.78, 5) is 13.4. The Balaban J connectivity index is 2.24. The van der Waals surface area contributed by atoms with Gasteiger partial charge in [0.2, 0.25) is 0 Å². The lowest BCUT2D eigenvalue weighted by molar-refractivity contribution is -0.141. The van der Waals surface area contributed by atoms with E-state index in [1.165, 1.54) is 5.56 Å². The van der Waals surface area contributed by atoms with Crippen LogP contribution in [0.3, 0.4) is 0 Å². The highest BCUT2D eigenvalue weighted by atomic mass is 16.4. The van der Waals surface area contributed by atoms with Crippen LogP contribution in [-0.4, -0.2) is 36.1 Å². The Morgan fingerprint density at radius 3 is 2.26 bits per heavy atom. The summed E-state index contributed by atoms with van der Waals surface area (Å²) in [6.07, 6.45) is 0. The standard InChI is InChI=1S/C16H23NO2/c1-16(2,3)12-7-5-11(6-8-12)13-9-17(4)10-14(13)15(18)19/h5-8,13-14H,9-10H2,1-4H3,(H,18,19)/t13-,14-/m1/s1. The van der Waals surface area contributed by atoms with Gasteiger partial charge >= 0.3 is 5.97 Å². The maximum atomic E-state index is 11.3. The number of rotatable bonds is 2. The fourth-order valence-electron chi connectivity index (χ4n) is 2.82. The molecule has 0 amide bonds. The summed E-state index contributed by atoms with van der Waals surface area (Å²) >= 11 is 0. The molecule has 0 saturated carbocycles. The van der Waals surface area contributed by atoms with Crippen molar-refractivity contribution in [3.63, 3.8) is 0 Å². The van der Waals surface area contributed by atoms with E-state index in [0.29, 0.717) is 6.54 Å². The van der Waals surface area contributed by atoms with E-state index in [2.05, 4.69) is 49.9 Å². The molecule has 0 spiro atoms. The van der Waals surface area contributed by atoms with Crippen LogP contribution in [0, 0.1) is 5.92 Å². The molecule has 19 heavy (non-hydrogen) atoms. The third-order valence-electron chi connectivity index (χ3n) is 4.02. The normalized spacial score (nSPS) is 24.6. The zero-order chi connectivity index (χ0) is 14.2. The molecule has 0 aliphatic carbocycles. The maximum Gasteiger partial charge on any atom is 0.308 e. The van der Waals surface area contributed by atoms with Crippen LogP contribution < -0.4 is 0 Å². The van der Waals surface area contributed by atoms with Crippen LogP contribution in [0.25, 0.3) is 0 Å². The first-order valence-electron chi connectivity index (χ1n) is 6.81. The van der Waals surface area contributed by atoms with Crippen molar-refractivity contribution in [3.05, 3.63) is 35.4 Å². The summed E-state index contributed by atoms with van der Waals surface area (Å²) in [5.41, 5.74) is 2.57. The van der Waals surface area contributed by atoms with Gasteiger partial charge in [0.15, 0.2) is 0 Å². The number of aliphatic carboxylic acids is 1. The van der Waals surface area contributed by atoms with Crippen molar-refractivity contribution in [1.29, 1.82) is 0 Å². The Bertz CT molecular complexity index is 459. The Morgan fingerprint density at radius 2 is 1.79 bits per heavy atom. The SMILES string of the molecule is CN1C[C@H](c2ccc(C(C)(C)C)cc2)[C@H](C(=O)O)C1. The Morgan fingerprint density at radius 1 is 1.21 bits per heavy atom. The largest absolute Gasteiger partial charge is 0.481 e. The minimum absolute atomic E-state index is 0.108. The van der Waals surface area contributed by atoms with Crippen LogP contribution in [0.4, 0.5) is 0 Å². The lowest BCUT2D eigenvalue weighted by Gasteiger charge is -2.21. The van der Waals surface area contributed by atoms with Crippen molar-refractivity contribution < 1.29 is 9.90 Å². The van der Waals surface area contributed by atoms with Crippen molar-refractivity contribution in [2.24, 2.45) is 5.92 Å². The number of hydrogen-bond donors (Lipinski definition) is 1. The Hall–Kier alpha value is -1.35. The van der Waals surface area contributed by atoms with E-state index in [1.807, 2.05) is 7.05 Å². The number of nitrogens with zero attached hydrogens (tertiary/aromatic N) is 1. The van der Waals surface area contributed by atoms with Gasteiger partial charge in [-0.05, 0) is 23.6 Å². The zero-order valence-corrected chi connectivity index (χ0v) is 12.2. The molecule has 2 rings (SSSR count). The molecule has 3 heteroatoms. The van der Waals surface area contributed by atoms with Crippen molar-refractivity contribution in [2.75, 3.05) is 20.1 Å².